The van der Waals surface area contributed by atoms with E-state index in [2.05, 4.69) is 20.0 Å². The van der Waals surface area contributed by atoms with Gasteiger partial charge in [0.25, 0.3) is 5.89 Å². The van der Waals surface area contributed by atoms with E-state index >= 15 is 0 Å². The molecule has 1 saturated heterocycles. The molecule has 1 aliphatic rings. The Labute approximate surface area is 225 Å². The van der Waals surface area contributed by atoms with Gasteiger partial charge in [-0.15, -0.1) is 0 Å². The van der Waals surface area contributed by atoms with E-state index in [9.17, 15) is 9.90 Å². The van der Waals surface area contributed by atoms with Crippen LogP contribution >= 0.6 is 11.6 Å². The van der Waals surface area contributed by atoms with Crippen molar-refractivity contribution in [1.82, 2.24) is 15.1 Å². The number of anilines is 1. The molecule has 2 aromatic carbocycles. The molecule has 0 saturated carbocycles. The molecule has 0 atom stereocenters. The van der Waals surface area contributed by atoms with E-state index < -0.39 is 5.97 Å². The summed E-state index contributed by atoms with van der Waals surface area (Å²) < 4.78 is 11.3. The second kappa shape index (κ2) is 10.9. The number of aromatic nitrogens is 3. The smallest absolute Gasteiger partial charge is 0.306 e. The zero-order valence-corrected chi connectivity index (χ0v) is 21.2. The van der Waals surface area contributed by atoms with Crippen LogP contribution in [-0.2, 0) is 4.79 Å². The van der Waals surface area contributed by atoms with Gasteiger partial charge >= 0.3 is 5.97 Å². The van der Waals surface area contributed by atoms with Crippen LogP contribution in [0, 0.1) is 5.92 Å². The SMILES string of the molecule is CC(C)Oc1ccc(-c2nc(-c3cccc4c(N5CCC(C(=O)O)CC5)nccc34)no2)cc1Cl.[Li]. The third-order valence-corrected chi connectivity index (χ3v) is 6.43. The van der Waals surface area contributed by atoms with Gasteiger partial charge in [-0.05, 0) is 56.3 Å². The Balaban J connectivity index is 0.00000304. The Morgan fingerprint density at radius 1 is 1.17 bits per heavy atom. The first-order valence-electron chi connectivity index (χ1n) is 11.6. The number of hydrogen-bond donors (Lipinski definition) is 1. The first-order chi connectivity index (χ1) is 16.9. The third kappa shape index (κ3) is 5.22. The van der Waals surface area contributed by atoms with Crippen LogP contribution < -0.4 is 9.64 Å². The van der Waals surface area contributed by atoms with Crippen molar-refractivity contribution in [3.8, 4) is 28.6 Å². The zero-order chi connectivity index (χ0) is 24.5. The number of ether oxygens (including phenoxy) is 1. The maximum absolute atomic E-state index is 11.3. The predicted octanol–water partition coefficient (Wildman–Crippen LogP) is 5.31. The summed E-state index contributed by atoms with van der Waals surface area (Å²) in [6, 6.07) is 13.2. The molecule has 5 rings (SSSR count). The third-order valence-electron chi connectivity index (χ3n) is 6.14. The quantitative estimate of drug-likeness (QED) is 0.356. The van der Waals surface area contributed by atoms with Crippen LogP contribution in [0.4, 0.5) is 5.82 Å². The second-order valence-electron chi connectivity index (χ2n) is 8.87. The molecule has 8 nitrogen and oxygen atoms in total. The number of benzene rings is 2. The van der Waals surface area contributed by atoms with Crippen molar-refractivity contribution in [3.63, 3.8) is 0 Å². The summed E-state index contributed by atoms with van der Waals surface area (Å²) in [5.41, 5.74) is 1.53. The van der Waals surface area contributed by atoms with Gasteiger partial charge in [0.05, 0.1) is 17.0 Å². The van der Waals surface area contributed by atoms with Crippen molar-refractivity contribution in [1.29, 1.82) is 0 Å². The largest absolute Gasteiger partial charge is 0.489 e. The average molecular weight is 500 g/mol. The van der Waals surface area contributed by atoms with Crippen LogP contribution in [0.2, 0.25) is 5.02 Å². The maximum Gasteiger partial charge on any atom is 0.306 e. The molecule has 0 spiro atoms. The fourth-order valence-electron chi connectivity index (χ4n) is 4.41. The Morgan fingerprint density at radius 3 is 2.64 bits per heavy atom. The molecule has 0 amide bonds. The first kappa shape index (κ1) is 26.0. The van der Waals surface area contributed by atoms with Crippen LogP contribution in [-0.4, -0.2) is 64.3 Å². The number of pyridine rings is 1. The van der Waals surface area contributed by atoms with Crippen molar-refractivity contribution in [2.75, 3.05) is 18.0 Å². The number of halogens is 1. The number of carboxylic acid groups (broad SMARTS) is 1. The minimum atomic E-state index is -0.728. The number of carboxylic acids is 1. The number of carbonyl (C=O) groups is 1. The summed E-state index contributed by atoms with van der Waals surface area (Å²) in [6.45, 7) is 5.18. The zero-order valence-electron chi connectivity index (χ0n) is 20.4. The number of rotatable bonds is 6. The van der Waals surface area contributed by atoms with E-state index in [1.807, 2.05) is 44.2 Å². The number of hydrogen-bond acceptors (Lipinski definition) is 7. The van der Waals surface area contributed by atoms with Crippen molar-refractivity contribution < 1.29 is 19.2 Å². The molecule has 3 heterocycles. The molecule has 1 fully saturated rings. The molecule has 181 valence electrons. The van der Waals surface area contributed by atoms with Crippen LogP contribution in [0.15, 0.2) is 53.2 Å². The molecule has 10 heteroatoms. The molecule has 1 aliphatic heterocycles. The molecule has 4 aromatic rings. The minimum absolute atomic E-state index is 0. The standard InChI is InChI=1S/C26H25ClN4O4.Li/c1-15(2)34-22-7-6-17(14-21(22)27)25-29-23(30-35-25)19-4-3-5-20-18(19)8-11-28-24(20)31-12-9-16(10-13-31)26(32)33;/h3-8,11,14-16H,9-10,12-13H2,1-2H3,(H,32,33);. The van der Waals surface area contributed by atoms with E-state index in [0.717, 1.165) is 22.2 Å². The fraction of sp³-hybridized carbons (Fsp3) is 0.308. The summed E-state index contributed by atoms with van der Waals surface area (Å²) in [7, 11) is 0. The molecule has 0 unspecified atom stereocenters. The van der Waals surface area contributed by atoms with Crippen molar-refractivity contribution in [3.05, 3.63) is 53.7 Å². The monoisotopic (exact) mass is 499 g/mol. The van der Waals surface area contributed by atoms with E-state index in [0.29, 0.717) is 54.0 Å². The summed E-state index contributed by atoms with van der Waals surface area (Å²) in [6.07, 6.45) is 2.98. The maximum atomic E-state index is 11.3. The van der Waals surface area contributed by atoms with Crippen LogP contribution in [0.1, 0.15) is 26.7 Å². The van der Waals surface area contributed by atoms with E-state index in [1.165, 1.54) is 0 Å². The van der Waals surface area contributed by atoms with Crippen LogP contribution in [0.5, 0.6) is 5.75 Å². The summed E-state index contributed by atoms with van der Waals surface area (Å²) in [5.74, 6) is 1.24. The topological polar surface area (TPSA) is 102 Å². The molecule has 1 N–H and O–H groups in total. The van der Waals surface area contributed by atoms with Crippen LogP contribution in [0.3, 0.4) is 0 Å². The van der Waals surface area contributed by atoms with Gasteiger partial charge in [0.2, 0.25) is 5.82 Å². The van der Waals surface area contributed by atoms with Crippen molar-refractivity contribution >= 4 is 53.0 Å². The molecule has 0 bridgehead atoms. The molecule has 0 aliphatic carbocycles. The van der Waals surface area contributed by atoms with Crippen molar-refractivity contribution in [2.24, 2.45) is 5.92 Å². The van der Waals surface area contributed by atoms with Gasteiger partial charge in [-0.3, -0.25) is 4.79 Å². The summed E-state index contributed by atoms with van der Waals surface area (Å²) in [5, 5.41) is 15.9. The molecule has 1 radical (unpaired) electrons. The minimum Gasteiger partial charge on any atom is -0.489 e. The van der Waals surface area contributed by atoms with Gasteiger partial charge in [0, 0.05) is 54.7 Å². The van der Waals surface area contributed by atoms with Gasteiger partial charge in [0.1, 0.15) is 11.6 Å². The Bertz CT molecular complexity index is 1390. The molecule has 36 heavy (non-hydrogen) atoms. The molecule has 2 aromatic heterocycles. The average Bonchev–Trinajstić information content (AvgIpc) is 3.34. The number of nitrogens with zero attached hydrogens (tertiary/aromatic N) is 4. The van der Waals surface area contributed by atoms with Crippen LogP contribution in [0.25, 0.3) is 33.6 Å². The molecular formula is C26H25ClLiN4O4. The van der Waals surface area contributed by atoms with E-state index in [4.69, 9.17) is 20.9 Å². The number of aliphatic carboxylic acids is 1. The van der Waals surface area contributed by atoms with Gasteiger partial charge in [-0.2, -0.15) is 4.98 Å². The normalized spacial score (nSPS) is 14.2. The van der Waals surface area contributed by atoms with Gasteiger partial charge < -0.3 is 19.3 Å². The van der Waals surface area contributed by atoms with E-state index in [-0.39, 0.29) is 30.9 Å². The summed E-state index contributed by atoms with van der Waals surface area (Å²) in [4.78, 5) is 22.7. The number of piperidine rings is 1. The Hall–Kier alpha value is -3.05. The van der Waals surface area contributed by atoms with Gasteiger partial charge in [-0.25, -0.2) is 4.98 Å². The Kier molecular flexibility index (Phi) is 7.89. The predicted molar refractivity (Wildman–Crippen MR) is 140 cm³/mol. The Morgan fingerprint density at radius 2 is 1.94 bits per heavy atom. The van der Waals surface area contributed by atoms with Gasteiger partial charge in [0.15, 0.2) is 0 Å². The molecular weight excluding hydrogens is 475 g/mol. The fourth-order valence-corrected chi connectivity index (χ4v) is 4.64. The van der Waals surface area contributed by atoms with Gasteiger partial charge in [-0.1, -0.05) is 35.0 Å². The first-order valence-corrected chi connectivity index (χ1v) is 11.9. The number of fused-ring (bicyclic) bond motifs is 1. The van der Waals surface area contributed by atoms with Crippen molar-refractivity contribution in [2.45, 2.75) is 32.8 Å². The summed E-state index contributed by atoms with van der Waals surface area (Å²) >= 11 is 6.38. The second-order valence-corrected chi connectivity index (χ2v) is 9.28. The van der Waals surface area contributed by atoms with E-state index in [1.54, 1.807) is 18.3 Å².